The van der Waals surface area contributed by atoms with E-state index in [2.05, 4.69) is 18.9 Å². The van der Waals surface area contributed by atoms with Crippen molar-refractivity contribution in [3.8, 4) is 5.75 Å². The zero-order chi connectivity index (χ0) is 36.3. The molecule has 2 heterocycles. The Bertz CT molecular complexity index is 2140. The number of para-hydroxylation sites is 1. The van der Waals surface area contributed by atoms with Crippen molar-refractivity contribution in [2.45, 2.75) is 50.9 Å². The van der Waals surface area contributed by atoms with Crippen molar-refractivity contribution in [2.75, 3.05) is 10.3 Å². The smallest absolute Gasteiger partial charge is 0.260 e. The first-order chi connectivity index (χ1) is 25.2. The minimum Gasteiger partial charge on any atom is -0.507 e. The normalized spacial score (nSPS) is 26.5. The van der Waals surface area contributed by atoms with E-state index in [0.717, 1.165) is 28.1 Å². The number of amides is 4. The number of aromatic hydroxyl groups is 1. The summed E-state index contributed by atoms with van der Waals surface area (Å²) in [6, 6.07) is 29.8. The number of phenols is 1. The summed E-state index contributed by atoms with van der Waals surface area (Å²) in [4.78, 5) is 60.2. The lowest BCUT2D eigenvalue weighted by Crippen LogP contribution is -2.53. The van der Waals surface area contributed by atoms with Crippen LogP contribution in [0, 0.1) is 30.6 Å². The van der Waals surface area contributed by atoms with Crippen molar-refractivity contribution in [1.82, 2.24) is 5.01 Å². The molecule has 8 nitrogen and oxygen atoms in total. The van der Waals surface area contributed by atoms with Gasteiger partial charge in [-0.1, -0.05) is 103 Å². The Kier molecular flexibility index (Phi) is 8.20. The molecule has 8 heteroatoms. The van der Waals surface area contributed by atoms with E-state index < -0.39 is 46.8 Å². The highest BCUT2D eigenvalue weighted by Gasteiger charge is 2.70. The van der Waals surface area contributed by atoms with Crippen LogP contribution in [0.25, 0.3) is 0 Å². The first-order valence-electron chi connectivity index (χ1n) is 18.1. The van der Waals surface area contributed by atoms with Gasteiger partial charge in [0.05, 0.1) is 34.5 Å². The van der Waals surface area contributed by atoms with Gasteiger partial charge in [-0.3, -0.25) is 29.5 Å². The quantitative estimate of drug-likeness (QED) is 0.150. The predicted octanol–water partition coefficient (Wildman–Crippen LogP) is 7.18. The average molecular weight is 692 g/mol. The molecule has 3 fully saturated rings. The van der Waals surface area contributed by atoms with Gasteiger partial charge in [-0.25, -0.2) is 0 Å². The van der Waals surface area contributed by atoms with Gasteiger partial charge in [-0.05, 0) is 79.5 Å². The second-order valence-electron chi connectivity index (χ2n) is 14.5. The Balaban J connectivity index is 1.32. The Hall–Kier alpha value is -5.76. The van der Waals surface area contributed by atoms with Crippen molar-refractivity contribution >= 4 is 35.0 Å². The van der Waals surface area contributed by atoms with Crippen LogP contribution in [0.3, 0.4) is 0 Å². The van der Waals surface area contributed by atoms with Gasteiger partial charge in [0.1, 0.15) is 5.75 Å². The van der Waals surface area contributed by atoms with Crippen LogP contribution in [0.1, 0.15) is 53.5 Å². The highest BCUT2D eigenvalue weighted by Crippen LogP contribution is 2.65. The number of carbonyl (C=O) groups is 4. The zero-order valence-corrected chi connectivity index (χ0v) is 29.3. The van der Waals surface area contributed by atoms with Crippen molar-refractivity contribution in [2.24, 2.45) is 23.7 Å². The highest BCUT2D eigenvalue weighted by atomic mass is 16.3. The van der Waals surface area contributed by atoms with E-state index in [9.17, 15) is 19.5 Å². The largest absolute Gasteiger partial charge is 0.507 e. The Morgan fingerprint density at radius 3 is 2.29 bits per heavy atom. The molecule has 52 heavy (non-hydrogen) atoms. The Morgan fingerprint density at radius 1 is 0.865 bits per heavy atom. The number of nitrogens with one attached hydrogen (secondary N) is 1. The van der Waals surface area contributed by atoms with Crippen LogP contribution in [0.2, 0.25) is 0 Å². The summed E-state index contributed by atoms with van der Waals surface area (Å²) in [7, 11) is 0. The van der Waals surface area contributed by atoms with Crippen LogP contribution in [0.4, 0.5) is 11.4 Å². The van der Waals surface area contributed by atoms with E-state index in [4.69, 9.17) is 0 Å². The van der Waals surface area contributed by atoms with Gasteiger partial charge < -0.3 is 5.11 Å². The van der Waals surface area contributed by atoms with Gasteiger partial charge in [0.25, 0.3) is 11.8 Å². The van der Waals surface area contributed by atoms with Crippen molar-refractivity contribution in [3.05, 3.63) is 149 Å². The van der Waals surface area contributed by atoms with E-state index in [0.29, 0.717) is 40.9 Å². The minimum absolute atomic E-state index is 0.0294. The molecule has 4 aromatic carbocycles. The predicted molar refractivity (Wildman–Crippen MR) is 199 cm³/mol. The minimum atomic E-state index is -1.46. The molecule has 1 saturated carbocycles. The molecular weight excluding hydrogens is 651 g/mol. The molecule has 262 valence electrons. The summed E-state index contributed by atoms with van der Waals surface area (Å²) in [6.07, 6.45) is 5.44. The lowest BCUT2D eigenvalue weighted by Gasteiger charge is -2.50. The molecule has 4 amide bonds. The number of fused-ring (bicyclic) bond motifs is 4. The molecule has 0 unspecified atom stereocenters. The summed E-state index contributed by atoms with van der Waals surface area (Å²) in [6.45, 7) is 7.89. The molecule has 2 aliphatic carbocycles. The van der Waals surface area contributed by atoms with Gasteiger partial charge in [0.2, 0.25) is 11.8 Å². The third-order valence-corrected chi connectivity index (χ3v) is 11.8. The van der Waals surface area contributed by atoms with E-state index in [1.165, 1.54) is 4.90 Å². The van der Waals surface area contributed by atoms with Gasteiger partial charge >= 0.3 is 0 Å². The molecule has 2 saturated heterocycles. The van der Waals surface area contributed by atoms with Gasteiger partial charge in [0, 0.05) is 11.5 Å². The SMILES string of the molecule is C=CCc1cccc([C@H]2C3=CC[C@@H]4C(=O)N(c5ccc(CC)cc5)C(=O)[C@@H]4[C@@H]3C[C@H]3C(=O)N(Nc4ccc(C)cc4)C(=O)[C@@]23c2ccccc2)c1O. The molecule has 8 rings (SSSR count). The van der Waals surface area contributed by atoms with Gasteiger partial charge in [0.15, 0.2) is 0 Å². The first-order valence-corrected chi connectivity index (χ1v) is 18.1. The summed E-state index contributed by atoms with van der Waals surface area (Å²) in [5.41, 5.74) is 7.51. The number of hydrogen-bond acceptors (Lipinski definition) is 6. The molecular formula is C44H41N3O5. The van der Waals surface area contributed by atoms with E-state index in [1.807, 2.05) is 110 Å². The van der Waals surface area contributed by atoms with Crippen molar-refractivity contribution in [3.63, 3.8) is 0 Å². The average Bonchev–Trinajstić information content (AvgIpc) is 3.54. The van der Waals surface area contributed by atoms with Gasteiger partial charge in [-0.2, -0.15) is 5.01 Å². The number of rotatable bonds is 8. The third kappa shape index (κ3) is 4.88. The highest BCUT2D eigenvalue weighted by molar-refractivity contribution is 6.22. The molecule has 2 aliphatic heterocycles. The molecule has 0 spiro atoms. The van der Waals surface area contributed by atoms with Crippen LogP contribution in [0.15, 0.2) is 121 Å². The summed E-state index contributed by atoms with van der Waals surface area (Å²) in [5, 5.41) is 13.1. The number of aryl methyl sites for hydroxylation is 2. The fraction of sp³-hybridized carbons (Fsp3) is 0.273. The maximum atomic E-state index is 15.3. The number of phenolic OH excluding ortho intramolecular Hbond substituents is 1. The van der Waals surface area contributed by atoms with E-state index in [-0.39, 0.29) is 24.0 Å². The van der Waals surface area contributed by atoms with Crippen LogP contribution in [-0.4, -0.2) is 33.7 Å². The number of allylic oxidation sites excluding steroid dienone is 3. The van der Waals surface area contributed by atoms with Crippen molar-refractivity contribution in [1.29, 1.82) is 0 Å². The molecule has 0 aromatic heterocycles. The first kappa shape index (κ1) is 33.4. The summed E-state index contributed by atoms with van der Waals surface area (Å²) < 4.78 is 0. The van der Waals surface area contributed by atoms with E-state index in [1.54, 1.807) is 6.08 Å². The number of carbonyl (C=O) groups excluding carboxylic acids is 4. The summed E-state index contributed by atoms with van der Waals surface area (Å²) >= 11 is 0. The van der Waals surface area contributed by atoms with Crippen LogP contribution < -0.4 is 10.3 Å². The molecule has 0 radical (unpaired) electrons. The van der Waals surface area contributed by atoms with Gasteiger partial charge in [-0.15, -0.1) is 6.58 Å². The lowest BCUT2D eigenvalue weighted by molar-refractivity contribution is -0.138. The van der Waals surface area contributed by atoms with Crippen molar-refractivity contribution < 1.29 is 24.3 Å². The summed E-state index contributed by atoms with van der Waals surface area (Å²) in [5.74, 6) is -4.94. The number of imide groups is 2. The fourth-order valence-corrected chi connectivity index (χ4v) is 9.39. The standard InChI is InChI=1S/C44H41N3O5/c1-4-10-28-11-9-14-34(39(28)48)38-32-23-24-33-37(42(51)46(40(33)49)31-21-17-27(5-2)18-22-31)35(32)25-36-41(50)47(45-30-19-15-26(3)16-20-30)43(52)44(36,38)29-12-7-6-8-13-29/h4,6-9,11-23,33,35-38,45,48H,1,5,10,24-25H2,2-3H3/t33-,35+,36-,37-,38+,44+/m0/s1. The lowest BCUT2D eigenvalue weighted by atomic mass is 9.49. The zero-order valence-electron chi connectivity index (χ0n) is 29.3. The third-order valence-electron chi connectivity index (χ3n) is 11.8. The topological polar surface area (TPSA) is 107 Å². The Labute approximate surface area is 303 Å². The second kappa shape index (κ2) is 12.8. The molecule has 2 N–H and O–H groups in total. The van der Waals surface area contributed by atoms with E-state index >= 15 is 4.79 Å². The van der Waals surface area contributed by atoms with Crippen LogP contribution >= 0.6 is 0 Å². The van der Waals surface area contributed by atoms with Crippen LogP contribution in [-0.2, 0) is 37.4 Å². The number of hydrogen-bond donors (Lipinski definition) is 2. The second-order valence-corrected chi connectivity index (χ2v) is 14.5. The maximum absolute atomic E-state index is 15.3. The molecule has 4 aliphatic rings. The van der Waals surface area contributed by atoms with Crippen LogP contribution in [0.5, 0.6) is 5.75 Å². The fourth-order valence-electron chi connectivity index (χ4n) is 9.39. The number of nitrogens with zero attached hydrogens (tertiary/aromatic N) is 2. The maximum Gasteiger partial charge on any atom is 0.260 e. The Morgan fingerprint density at radius 2 is 1.60 bits per heavy atom. The monoisotopic (exact) mass is 691 g/mol. The number of anilines is 2. The molecule has 0 bridgehead atoms. The molecule has 4 aromatic rings. The number of benzene rings is 4. The molecule has 6 atom stereocenters. The number of hydrazine groups is 1.